The molecule has 1 heterocycles. The molecule has 1 amide bonds. The van der Waals surface area contributed by atoms with Crippen LogP contribution in [0.25, 0.3) is 21.0 Å². The van der Waals surface area contributed by atoms with Crippen molar-refractivity contribution in [3.8, 4) is 11.5 Å². The van der Waals surface area contributed by atoms with Crippen molar-refractivity contribution in [1.29, 1.82) is 0 Å². The Balaban J connectivity index is 1.23. The summed E-state index contributed by atoms with van der Waals surface area (Å²) in [5, 5.41) is 5.79. The Morgan fingerprint density at radius 3 is 2.68 bits per heavy atom. The highest BCUT2D eigenvalue weighted by atomic mass is 32.2. The molecule has 0 radical (unpaired) electrons. The third-order valence-electron chi connectivity index (χ3n) is 5.40. The van der Waals surface area contributed by atoms with E-state index in [1.165, 1.54) is 25.1 Å². The quantitative estimate of drug-likeness (QED) is 0.0886. The van der Waals surface area contributed by atoms with Crippen LogP contribution >= 0.6 is 23.1 Å². The summed E-state index contributed by atoms with van der Waals surface area (Å²) in [4.78, 5) is 29.7. The van der Waals surface area contributed by atoms with E-state index in [1.807, 2.05) is 60.7 Å². The van der Waals surface area contributed by atoms with Crippen molar-refractivity contribution in [1.82, 2.24) is 10.4 Å². The number of aromatic nitrogens is 1. The average Bonchev–Trinajstić information content (AvgIpc) is 3.35. The van der Waals surface area contributed by atoms with Gasteiger partial charge in [0.05, 0.1) is 34.9 Å². The van der Waals surface area contributed by atoms with Gasteiger partial charge in [-0.15, -0.1) is 11.3 Å². The molecule has 5 aromatic rings. The highest BCUT2D eigenvalue weighted by molar-refractivity contribution is 8.01. The summed E-state index contributed by atoms with van der Waals surface area (Å²) in [7, 11) is 1.50. The Bertz CT molecular complexity index is 1590. The van der Waals surface area contributed by atoms with Crippen molar-refractivity contribution in [2.24, 2.45) is 5.10 Å². The van der Waals surface area contributed by atoms with Crippen molar-refractivity contribution in [3.63, 3.8) is 0 Å². The molecule has 0 bridgehead atoms. The van der Waals surface area contributed by atoms with Crippen LogP contribution in [0.3, 0.4) is 0 Å². The molecule has 0 saturated carbocycles. The molecular formula is C28H21N3O4S2. The third-order valence-corrected chi connectivity index (χ3v) is 7.58. The number of fused-ring (bicyclic) bond motifs is 2. The zero-order chi connectivity index (χ0) is 25.6. The van der Waals surface area contributed by atoms with Crippen LogP contribution in [0.5, 0.6) is 11.5 Å². The van der Waals surface area contributed by atoms with Gasteiger partial charge in [-0.3, -0.25) is 4.79 Å². The van der Waals surface area contributed by atoms with Crippen molar-refractivity contribution in [2.75, 3.05) is 12.9 Å². The summed E-state index contributed by atoms with van der Waals surface area (Å²) in [6, 6.07) is 26.0. The van der Waals surface area contributed by atoms with Crippen molar-refractivity contribution >= 4 is 62.2 Å². The topological polar surface area (TPSA) is 89.9 Å². The number of methoxy groups -OCH3 is 1. The summed E-state index contributed by atoms with van der Waals surface area (Å²) >= 11 is 2.91. The maximum Gasteiger partial charge on any atom is 0.344 e. The van der Waals surface area contributed by atoms with Gasteiger partial charge < -0.3 is 9.47 Å². The van der Waals surface area contributed by atoms with Gasteiger partial charge in [-0.2, -0.15) is 5.10 Å². The molecular weight excluding hydrogens is 506 g/mol. The summed E-state index contributed by atoms with van der Waals surface area (Å²) in [6.45, 7) is 0. The first-order valence-corrected chi connectivity index (χ1v) is 13.1. The molecule has 9 heteroatoms. The van der Waals surface area contributed by atoms with Crippen molar-refractivity contribution in [3.05, 3.63) is 96.1 Å². The SMILES string of the molecule is COc1ccc(/C=N\NC(=O)CSc2nc3ccccc3s2)cc1OC(=O)c1cccc2ccccc12. The number of para-hydroxylation sites is 1. The molecule has 1 aromatic heterocycles. The molecule has 37 heavy (non-hydrogen) atoms. The summed E-state index contributed by atoms with van der Waals surface area (Å²) in [5.41, 5.74) is 4.52. The number of thiazole rings is 1. The van der Waals surface area contributed by atoms with E-state index < -0.39 is 5.97 Å². The lowest BCUT2D eigenvalue weighted by Gasteiger charge is -2.11. The summed E-state index contributed by atoms with van der Waals surface area (Å²) < 4.78 is 13.0. The van der Waals surface area contributed by atoms with Gasteiger partial charge in [-0.25, -0.2) is 15.2 Å². The van der Waals surface area contributed by atoms with Crippen LogP contribution in [0.2, 0.25) is 0 Å². The molecule has 0 unspecified atom stereocenters. The number of esters is 1. The van der Waals surface area contributed by atoms with Gasteiger partial charge in [0.2, 0.25) is 0 Å². The number of hydrazone groups is 1. The molecule has 0 spiro atoms. The molecule has 0 fully saturated rings. The second-order valence-corrected chi connectivity index (χ2v) is 10.1. The number of hydrogen-bond donors (Lipinski definition) is 1. The monoisotopic (exact) mass is 527 g/mol. The standard InChI is InChI=1S/C28H21N3O4S2/c1-34-23-14-13-18(15-24(23)35-27(33)21-10-6-8-19-7-2-3-9-20(19)21)16-29-31-26(32)17-36-28-30-22-11-4-5-12-25(22)37-28/h2-16H,17H2,1H3,(H,31,32)/b29-16-. The molecule has 0 saturated heterocycles. The van der Waals surface area contributed by atoms with Gasteiger partial charge in [0, 0.05) is 0 Å². The highest BCUT2D eigenvalue weighted by Crippen LogP contribution is 2.30. The summed E-state index contributed by atoms with van der Waals surface area (Å²) in [5.74, 6) is 0.0957. The van der Waals surface area contributed by atoms with Crippen LogP contribution in [-0.2, 0) is 4.79 Å². The number of thioether (sulfide) groups is 1. The van der Waals surface area contributed by atoms with Crippen LogP contribution < -0.4 is 14.9 Å². The van der Waals surface area contributed by atoms with Crippen LogP contribution in [0.4, 0.5) is 0 Å². The zero-order valence-electron chi connectivity index (χ0n) is 19.7. The van der Waals surface area contributed by atoms with E-state index in [0.29, 0.717) is 16.9 Å². The Hall–Kier alpha value is -4.21. The molecule has 1 N–H and O–H groups in total. The number of hydrogen-bond acceptors (Lipinski definition) is 8. The third kappa shape index (κ3) is 5.79. The predicted octanol–water partition coefficient (Wildman–Crippen LogP) is 5.92. The minimum absolute atomic E-state index is 0.188. The number of rotatable bonds is 8. The molecule has 5 rings (SSSR count). The fourth-order valence-electron chi connectivity index (χ4n) is 3.66. The zero-order valence-corrected chi connectivity index (χ0v) is 21.3. The summed E-state index contributed by atoms with van der Waals surface area (Å²) in [6.07, 6.45) is 1.48. The Morgan fingerprint density at radius 1 is 1.00 bits per heavy atom. The van der Waals surface area contributed by atoms with Crippen molar-refractivity contribution in [2.45, 2.75) is 4.34 Å². The number of nitrogens with one attached hydrogen (secondary N) is 1. The molecule has 4 aromatic carbocycles. The average molecular weight is 528 g/mol. The Labute approximate surface area is 221 Å². The van der Waals surface area contributed by atoms with Crippen LogP contribution in [0.1, 0.15) is 15.9 Å². The smallest absolute Gasteiger partial charge is 0.344 e. The van der Waals surface area contributed by atoms with Gasteiger partial charge in [-0.1, -0.05) is 60.3 Å². The van der Waals surface area contributed by atoms with E-state index in [4.69, 9.17) is 9.47 Å². The fourth-order valence-corrected chi connectivity index (χ4v) is 5.52. The van der Waals surface area contributed by atoms with E-state index in [2.05, 4.69) is 15.5 Å². The van der Waals surface area contributed by atoms with Crippen LogP contribution in [-0.4, -0.2) is 35.9 Å². The number of carbonyl (C=O) groups is 2. The van der Waals surface area contributed by atoms with E-state index >= 15 is 0 Å². The van der Waals surface area contributed by atoms with Crippen LogP contribution in [0, 0.1) is 0 Å². The Kier molecular flexibility index (Phi) is 7.43. The van der Waals surface area contributed by atoms with E-state index in [0.717, 1.165) is 25.3 Å². The van der Waals surface area contributed by atoms with Crippen LogP contribution in [0.15, 0.2) is 94.4 Å². The Morgan fingerprint density at radius 2 is 1.81 bits per heavy atom. The lowest BCUT2D eigenvalue weighted by Crippen LogP contribution is -2.19. The molecule has 0 atom stereocenters. The lowest BCUT2D eigenvalue weighted by molar-refractivity contribution is -0.118. The van der Waals surface area contributed by atoms with E-state index in [-0.39, 0.29) is 17.4 Å². The van der Waals surface area contributed by atoms with Gasteiger partial charge in [0.15, 0.2) is 15.8 Å². The van der Waals surface area contributed by atoms with Gasteiger partial charge >= 0.3 is 5.97 Å². The van der Waals surface area contributed by atoms with Gasteiger partial charge in [0.1, 0.15) is 0 Å². The maximum absolute atomic E-state index is 13.0. The molecule has 0 aliphatic rings. The number of ether oxygens (including phenoxy) is 2. The van der Waals surface area contributed by atoms with E-state index in [1.54, 1.807) is 35.6 Å². The molecule has 7 nitrogen and oxygen atoms in total. The normalized spacial score (nSPS) is 11.2. The number of benzene rings is 4. The minimum Gasteiger partial charge on any atom is -0.493 e. The lowest BCUT2D eigenvalue weighted by atomic mass is 10.0. The predicted molar refractivity (Wildman–Crippen MR) is 148 cm³/mol. The first-order chi connectivity index (χ1) is 18.1. The fraction of sp³-hybridized carbons (Fsp3) is 0.0714. The second-order valence-electron chi connectivity index (χ2n) is 7.86. The van der Waals surface area contributed by atoms with E-state index in [9.17, 15) is 9.59 Å². The largest absolute Gasteiger partial charge is 0.493 e. The highest BCUT2D eigenvalue weighted by Gasteiger charge is 2.15. The number of amides is 1. The molecule has 184 valence electrons. The first-order valence-electron chi connectivity index (χ1n) is 11.3. The molecule has 0 aliphatic carbocycles. The molecule has 0 aliphatic heterocycles. The second kappa shape index (κ2) is 11.2. The van der Waals surface area contributed by atoms with Crippen molar-refractivity contribution < 1.29 is 19.1 Å². The maximum atomic E-state index is 13.0. The first kappa shape index (κ1) is 24.5. The number of nitrogens with zero attached hydrogens (tertiary/aromatic N) is 2. The number of carbonyl (C=O) groups excluding carboxylic acids is 2. The minimum atomic E-state index is -0.496. The van der Waals surface area contributed by atoms with Gasteiger partial charge in [-0.05, 0) is 52.7 Å². The van der Waals surface area contributed by atoms with Gasteiger partial charge in [0.25, 0.3) is 5.91 Å².